The van der Waals surface area contributed by atoms with E-state index in [1.54, 1.807) is 24.8 Å². The Bertz CT molecular complexity index is 711. The maximum atomic E-state index is 4.76. The summed E-state index contributed by atoms with van der Waals surface area (Å²) in [5.41, 5.74) is 1.53. The van der Waals surface area contributed by atoms with Crippen LogP contribution in [0, 0.1) is 0 Å². The van der Waals surface area contributed by atoms with Gasteiger partial charge in [0.1, 0.15) is 0 Å². The molecule has 3 aromatic heterocycles. The Morgan fingerprint density at radius 1 is 0.792 bits per heavy atom. The molecule has 0 saturated carbocycles. The van der Waals surface area contributed by atoms with Crippen LogP contribution in [0.25, 0.3) is 0 Å². The normalized spacial score (nSPS) is 10.8. The van der Waals surface area contributed by atoms with Crippen molar-refractivity contribution in [1.82, 2.24) is 15.0 Å². The van der Waals surface area contributed by atoms with Gasteiger partial charge in [-0.15, -0.1) is 11.4 Å². The van der Waals surface area contributed by atoms with Crippen molar-refractivity contribution in [2.75, 3.05) is 0 Å². The fourth-order valence-corrected chi connectivity index (χ4v) is 1.66. The second-order valence-electron chi connectivity index (χ2n) is 4.24. The Hall–Kier alpha value is -1.98. The number of nitrogens with zero attached hydrogens (tertiary/aromatic N) is 5. The number of aliphatic imine (C=N–C) groups is 2. The predicted molar refractivity (Wildman–Crippen MR) is 94.5 cm³/mol. The van der Waals surface area contributed by atoms with E-state index in [1.807, 2.05) is 48.5 Å². The standard InChI is InChI=1S/C16H12N5.2ClH.Fe/c1-3-9-17-15(5-1)19-11-13-7-8-14(21-13)12-20-16-6-2-4-10-18-16;;;/h1-12H;2*1H;/q-1;;;+3/p-2/b19-11+,20-12+;;;. The van der Waals surface area contributed by atoms with Crippen molar-refractivity contribution in [2.45, 2.75) is 0 Å². The van der Waals surface area contributed by atoms with E-state index in [9.17, 15) is 0 Å². The summed E-state index contributed by atoms with van der Waals surface area (Å²) in [5.74, 6) is 1.31. The van der Waals surface area contributed by atoms with Crippen molar-refractivity contribution in [1.29, 1.82) is 0 Å². The number of aromatic nitrogens is 3. The molecule has 0 N–H and O–H groups in total. The van der Waals surface area contributed by atoms with E-state index in [0.717, 1.165) is 11.4 Å². The molecule has 123 valence electrons. The molecule has 0 aromatic carbocycles. The van der Waals surface area contributed by atoms with Gasteiger partial charge in [-0.1, -0.05) is 24.3 Å². The predicted octanol–water partition coefficient (Wildman–Crippen LogP) is 4.31. The van der Waals surface area contributed by atoms with Crippen LogP contribution in [0.2, 0.25) is 0 Å². The Kier molecular flexibility index (Phi) is 8.21. The van der Waals surface area contributed by atoms with E-state index in [1.165, 1.54) is 0 Å². The van der Waals surface area contributed by atoms with Crippen LogP contribution in [0.15, 0.2) is 70.9 Å². The minimum absolute atomic E-state index is 0.194. The molecule has 0 radical (unpaired) electrons. The summed E-state index contributed by atoms with van der Waals surface area (Å²) in [7, 11) is 9.53. The zero-order valence-electron chi connectivity index (χ0n) is 12.3. The van der Waals surface area contributed by atoms with Crippen LogP contribution in [0.1, 0.15) is 11.4 Å². The fraction of sp³-hybridized carbons (Fsp3) is 0. The Morgan fingerprint density at radius 3 is 1.62 bits per heavy atom. The summed E-state index contributed by atoms with van der Waals surface area (Å²) < 4.78 is 0. The molecule has 5 nitrogen and oxygen atoms in total. The first-order valence-electron chi connectivity index (χ1n) is 6.71. The fourth-order valence-electron chi connectivity index (χ4n) is 1.66. The van der Waals surface area contributed by atoms with Gasteiger partial charge in [0.2, 0.25) is 0 Å². The second kappa shape index (κ2) is 10.7. The molecule has 24 heavy (non-hydrogen) atoms. The van der Waals surface area contributed by atoms with Gasteiger partial charge in [0.15, 0.2) is 11.6 Å². The molecule has 0 aliphatic carbocycles. The van der Waals surface area contributed by atoms with Gasteiger partial charge in [-0.2, -0.15) is 0 Å². The topological polar surface area (TPSA) is 64.6 Å². The van der Waals surface area contributed by atoms with Crippen molar-refractivity contribution in [3.8, 4) is 0 Å². The van der Waals surface area contributed by atoms with E-state index in [0.29, 0.717) is 11.6 Å². The summed E-state index contributed by atoms with van der Waals surface area (Å²) >= 11 is 0.194. The monoisotopic (exact) mass is 400 g/mol. The first kappa shape index (κ1) is 18.4. The Morgan fingerprint density at radius 2 is 1.25 bits per heavy atom. The summed E-state index contributed by atoms with van der Waals surface area (Å²) in [6, 6.07) is 14.9. The molecule has 0 unspecified atom stereocenters. The molecule has 3 heterocycles. The molecular formula is C16H12Cl2FeN5. The average molecular weight is 401 g/mol. The third-order valence-electron chi connectivity index (χ3n) is 2.64. The van der Waals surface area contributed by atoms with Gasteiger partial charge in [0.05, 0.1) is 0 Å². The third-order valence-corrected chi connectivity index (χ3v) is 2.64. The maximum absolute atomic E-state index is 4.76. The van der Waals surface area contributed by atoms with Crippen LogP contribution in [-0.4, -0.2) is 22.4 Å². The summed E-state index contributed by atoms with van der Waals surface area (Å²) in [6.45, 7) is 0. The van der Waals surface area contributed by atoms with Crippen molar-refractivity contribution >= 4 is 44.3 Å². The zero-order valence-corrected chi connectivity index (χ0v) is 14.9. The Labute approximate surface area is 154 Å². The Balaban J connectivity index is 0.000000647. The van der Waals surface area contributed by atoms with Gasteiger partial charge in [-0.05, 0) is 24.3 Å². The summed E-state index contributed by atoms with van der Waals surface area (Å²) in [6.07, 6.45) is 6.77. The molecule has 0 aliphatic heterocycles. The van der Waals surface area contributed by atoms with Crippen LogP contribution in [0.3, 0.4) is 0 Å². The minimum atomic E-state index is 0.194. The third kappa shape index (κ3) is 6.64. The van der Waals surface area contributed by atoms with E-state index < -0.39 is 0 Å². The van der Waals surface area contributed by atoms with Crippen molar-refractivity contribution in [3.05, 3.63) is 72.3 Å². The van der Waals surface area contributed by atoms with Gasteiger partial charge >= 0.3 is 33.3 Å². The SMILES string of the molecule is C(=N\c1ccccn1)/c1ccc(/C=N/c2ccccn2)[n-]1.[Cl][Fe+][Cl]. The summed E-state index contributed by atoms with van der Waals surface area (Å²) in [4.78, 5) is 21.1. The van der Waals surface area contributed by atoms with Crippen molar-refractivity contribution < 1.29 is 13.1 Å². The van der Waals surface area contributed by atoms with Gasteiger partial charge < -0.3 is 4.98 Å². The van der Waals surface area contributed by atoms with Gasteiger partial charge in [0.25, 0.3) is 0 Å². The van der Waals surface area contributed by atoms with Gasteiger partial charge in [-0.25, -0.2) is 20.0 Å². The molecule has 0 bridgehead atoms. The molecule has 0 fully saturated rings. The van der Waals surface area contributed by atoms with Gasteiger partial charge in [-0.3, -0.25) is 0 Å². The number of halogens is 2. The average Bonchev–Trinajstić information content (AvgIpc) is 3.09. The van der Waals surface area contributed by atoms with Crippen molar-refractivity contribution in [3.63, 3.8) is 0 Å². The number of hydrogen-bond donors (Lipinski definition) is 0. The molecule has 0 aliphatic rings. The van der Waals surface area contributed by atoms with E-state index >= 15 is 0 Å². The molecule has 3 rings (SSSR count). The number of rotatable bonds is 4. The van der Waals surface area contributed by atoms with E-state index in [2.05, 4.69) is 24.9 Å². The van der Waals surface area contributed by atoms with Crippen LogP contribution < -0.4 is 4.98 Å². The van der Waals surface area contributed by atoms with Crippen LogP contribution in [0.4, 0.5) is 11.6 Å². The molecule has 8 heteroatoms. The van der Waals surface area contributed by atoms with Crippen LogP contribution in [-0.2, 0) is 13.1 Å². The molecule has 0 amide bonds. The van der Waals surface area contributed by atoms with Crippen molar-refractivity contribution in [2.24, 2.45) is 9.98 Å². The second-order valence-corrected chi connectivity index (χ2v) is 6.06. The summed E-state index contributed by atoms with van der Waals surface area (Å²) in [5, 5.41) is 0. The molecule has 0 atom stereocenters. The van der Waals surface area contributed by atoms with Crippen LogP contribution >= 0.6 is 20.2 Å². The van der Waals surface area contributed by atoms with Crippen LogP contribution in [0.5, 0.6) is 0 Å². The molecular weight excluding hydrogens is 389 g/mol. The molecule has 0 saturated heterocycles. The number of pyridine rings is 2. The number of hydrogen-bond acceptors (Lipinski definition) is 4. The van der Waals surface area contributed by atoms with E-state index in [-0.39, 0.29) is 13.1 Å². The first-order valence-corrected chi connectivity index (χ1v) is 9.75. The quantitative estimate of drug-likeness (QED) is 0.484. The zero-order chi connectivity index (χ0) is 17.0. The molecule has 3 aromatic rings. The van der Waals surface area contributed by atoms with Gasteiger partial charge in [0, 0.05) is 24.8 Å². The molecule has 0 spiro atoms. The first-order chi connectivity index (χ1) is 11.8. The van der Waals surface area contributed by atoms with E-state index in [4.69, 9.17) is 20.2 Å².